The Kier molecular flexibility index (Phi) is 4.05. The highest BCUT2D eigenvalue weighted by atomic mass is 16.4. The van der Waals surface area contributed by atoms with Crippen molar-refractivity contribution < 1.29 is 14.7 Å². The monoisotopic (exact) mass is 221 g/mol. The Morgan fingerprint density at radius 3 is 2.31 bits per heavy atom. The number of anilines is 1. The number of rotatable bonds is 3. The fraction of sp³-hybridized carbons (Fsp3) is 0.333. The van der Waals surface area contributed by atoms with Gasteiger partial charge in [-0.1, -0.05) is 26.0 Å². The standard InChI is InChI=1S/C12H15NO3/c1-3-8(2)9-4-6-10(7-5-9)13-11(14)12(15)16/h4-8H,3H2,1-2H3,(H,13,14)(H,15,16)/t8-/m0/s1. The highest BCUT2D eigenvalue weighted by Gasteiger charge is 2.11. The van der Waals surface area contributed by atoms with Crippen LogP contribution in [0.1, 0.15) is 31.7 Å². The van der Waals surface area contributed by atoms with Crippen molar-refractivity contribution in [2.75, 3.05) is 5.32 Å². The van der Waals surface area contributed by atoms with E-state index in [4.69, 9.17) is 5.11 Å². The van der Waals surface area contributed by atoms with Crippen LogP contribution >= 0.6 is 0 Å². The summed E-state index contributed by atoms with van der Waals surface area (Å²) in [4.78, 5) is 21.2. The highest BCUT2D eigenvalue weighted by molar-refractivity contribution is 6.36. The Bertz CT molecular complexity index is 384. The number of carboxylic acids is 1. The van der Waals surface area contributed by atoms with Crippen molar-refractivity contribution in [1.29, 1.82) is 0 Å². The van der Waals surface area contributed by atoms with Crippen LogP contribution in [-0.4, -0.2) is 17.0 Å². The first-order valence-corrected chi connectivity index (χ1v) is 5.18. The first-order chi connectivity index (χ1) is 7.54. The van der Waals surface area contributed by atoms with Gasteiger partial charge < -0.3 is 10.4 Å². The minimum Gasteiger partial charge on any atom is -0.474 e. The second-order valence-electron chi connectivity index (χ2n) is 3.69. The molecule has 0 heterocycles. The molecule has 0 bridgehead atoms. The number of carboxylic acid groups (broad SMARTS) is 1. The Morgan fingerprint density at radius 2 is 1.88 bits per heavy atom. The summed E-state index contributed by atoms with van der Waals surface area (Å²) in [7, 11) is 0. The van der Waals surface area contributed by atoms with Gasteiger partial charge in [0, 0.05) is 5.69 Å². The van der Waals surface area contributed by atoms with E-state index in [0.29, 0.717) is 11.6 Å². The zero-order valence-corrected chi connectivity index (χ0v) is 9.36. The molecule has 86 valence electrons. The summed E-state index contributed by atoms with van der Waals surface area (Å²) in [6.07, 6.45) is 1.04. The van der Waals surface area contributed by atoms with E-state index >= 15 is 0 Å². The van der Waals surface area contributed by atoms with E-state index in [1.807, 2.05) is 12.1 Å². The van der Waals surface area contributed by atoms with E-state index in [1.54, 1.807) is 12.1 Å². The van der Waals surface area contributed by atoms with Gasteiger partial charge in [0.25, 0.3) is 0 Å². The van der Waals surface area contributed by atoms with Gasteiger partial charge in [-0.2, -0.15) is 0 Å². The number of hydrogen-bond donors (Lipinski definition) is 2. The van der Waals surface area contributed by atoms with Crippen LogP contribution < -0.4 is 5.32 Å². The summed E-state index contributed by atoms with van der Waals surface area (Å²) in [6, 6.07) is 7.21. The summed E-state index contributed by atoms with van der Waals surface area (Å²) in [6.45, 7) is 4.22. The summed E-state index contributed by atoms with van der Waals surface area (Å²) in [5, 5.41) is 10.7. The van der Waals surface area contributed by atoms with Gasteiger partial charge in [-0.3, -0.25) is 4.79 Å². The minimum absolute atomic E-state index is 0.462. The summed E-state index contributed by atoms with van der Waals surface area (Å²) in [5.41, 5.74) is 1.68. The molecule has 1 aromatic rings. The van der Waals surface area contributed by atoms with Gasteiger partial charge in [-0.05, 0) is 30.0 Å². The lowest BCUT2D eigenvalue weighted by Crippen LogP contribution is -2.21. The summed E-state index contributed by atoms with van der Waals surface area (Å²) < 4.78 is 0. The highest BCUT2D eigenvalue weighted by Crippen LogP contribution is 2.20. The Balaban J connectivity index is 2.72. The summed E-state index contributed by atoms with van der Waals surface area (Å²) >= 11 is 0. The van der Waals surface area contributed by atoms with Crippen molar-refractivity contribution in [3.8, 4) is 0 Å². The van der Waals surface area contributed by atoms with Crippen molar-refractivity contribution >= 4 is 17.6 Å². The van der Waals surface area contributed by atoms with Gasteiger partial charge in [0.2, 0.25) is 0 Å². The molecule has 1 aromatic carbocycles. The Morgan fingerprint density at radius 1 is 1.31 bits per heavy atom. The lowest BCUT2D eigenvalue weighted by Gasteiger charge is -2.09. The van der Waals surface area contributed by atoms with Gasteiger partial charge >= 0.3 is 11.9 Å². The molecule has 0 spiro atoms. The van der Waals surface area contributed by atoms with E-state index in [9.17, 15) is 9.59 Å². The number of benzene rings is 1. The van der Waals surface area contributed by atoms with E-state index in [0.717, 1.165) is 6.42 Å². The molecule has 0 unspecified atom stereocenters. The minimum atomic E-state index is -1.48. The maximum absolute atomic E-state index is 10.9. The number of amides is 1. The number of aliphatic carboxylic acids is 1. The normalized spacial score (nSPS) is 11.9. The SMILES string of the molecule is CC[C@H](C)c1ccc(NC(=O)C(=O)O)cc1. The van der Waals surface area contributed by atoms with Gasteiger partial charge in [0.05, 0.1) is 0 Å². The third kappa shape index (κ3) is 3.08. The van der Waals surface area contributed by atoms with E-state index in [-0.39, 0.29) is 0 Å². The maximum atomic E-state index is 10.9. The van der Waals surface area contributed by atoms with Crippen LogP contribution in [0, 0.1) is 0 Å². The molecular formula is C12H15NO3. The predicted molar refractivity (Wildman–Crippen MR) is 61.4 cm³/mol. The molecule has 0 aliphatic heterocycles. The average Bonchev–Trinajstić information content (AvgIpc) is 2.28. The van der Waals surface area contributed by atoms with Crippen LogP contribution in [0.5, 0.6) is 0 Å². The van der Waals surface area contributed by atoms with Crippen LogP contribution in [0.25, 0.3) is 0 Å². The molecule has 0 radical (unpaired) electrons. The molecule has 1 amide bonds. The van der Waals surface area contributed by atoms with Gasteiger partial charge in [-0.15, -0.1) is 0 Å². The second kappa shape index (κ2) is 5.30. The third-order valence-electron chi connectivity index (χ3n) is 2.54. The predicted octanol–water partition coefficient (Wildman–Crippen LogP) is 2.22. The average molecular weight is 221 g/mol. The number of hydrogen-bond acceptors (Lipinski definition) is 2. The molecule has 1 atom stereocenters. The number of carbonyl (C=O) groups is 2. The fourth-order valence-electron chi connectivity index (χ4n) is 1.32. The third-order valence-corrected chi connectivity index (χ3v) is 2.54. The van der Waals surface area contributed by atoms with Crippen LogP contribution in [0.3, 0.4) is 0 Å². The van der Waals surface area contributed by atoms with Crippen LogP contribution in [0.4, 0.5) is 5.69 Å². The zero-order valence-electron chi connectivity index (χ0n) is 9.36. The molecule has 1 rings (SSSR count). The van der Waals surface area contributed by atoms with Crippen molar-refractivity contribution in [2.24, 2.45) is 0 Å². The lowest BCUT2D eigenvalue weighted by molar-refractivity contribution is -0.147. The maximum Gasteiger partial charge on any atom is 0.394 e. The topological polar surface area (TPSA) is 66.4 Å². The van der Waals surface area contributed by atoms with Gasteiger partial charge in [-0.25, -0.2) is 4.79 Å². The Labute approximate surface area is 94.3 Å². The first kappa shape index (κ1) is 12.2. The fourth-order valence-corrected chi connectivity index (χ4v) is 1.32. The van der Waals surface area contributed by atoms with Crippen LogP contribution in [0.15, 0.2) is 24.3 Å². The first-order valence-electron chi connectivity index (χ1n) is 5.18. The molecular weight excluding hydrogens is 206 g/mol. The molecule has 0 fully saturated rings. The molecule has 4 heteroatoms. The smallest absolute Gasteiger partial charge is 0.394 e. The van der Waals surface area contributed by atoms with Crippen molar-refractivity contribution in [1.82, 2.24) is 0 Å². The largest absolute Gasteiger partial charge is 0.474 e. The van der Waals surface area contributed by atoms with E-state index < -0.39 is 11.9 Å². The van der Waals surface area contributed by atoms with Crippen molar-refractivity contribution in [2.45, 2.75) is 26.2 Å². The van der Waals surface area contributed by atoms with Crippen LogP contribution in [0.2, 0.25) is 0 Å². The number of nitrogens with one attached hydrogen (secondary N) is 1. The van der Waals surface area contributed by atoms with E-state index in [2.05, 4.69) is 19.2 Å². The van der Waals surface area contributed by atoms with Crippen molar-refractivity contribution in [3.05, 3.63) is 29.8 Å². The zero-order chi connectivity index (χ0) is 12.1. The van der Waals surface area contributed by atoms with Crippen LogP contribution in [-0.2, 0) is 9.59 Å². The second-order valence-corrected chi connectivity index (χ2v) is 3.69. The van der Waals surface area contributed by atoms with Crippen molar-refractivity contribution in [3.63, 3.8) is 0 Å². The lowest BCUT2D eigenvalue weighted by atomic mass is 9.99. The molecule has 0 saturated heterocycles. The van der Waals surface area contributed by atoms with E-state index in [1.165, 1.54) is 5.56 Å². The molecule has 2 N–H and O–H groups in total. The quantitative estimate of drug-likeness (QED) is 0.769. The Hall–Kier alpha value is -1.84. The molecule has 16 heavy (non-hydrogen) atoms. The van der Waals surface area contributed by atoms with Gasteiger partial charge in [0.15, 0.2) is 0 Å². The van der Waals surface area contributed by atoms with Gasteiger partial charge in [0.1, 0.15) is 0 Å². The molecule has 4 nitrogen and oxygen atoms in total. The molecule has 0 aliphatic carbocycles. The number of carbonyl (C=O) groups excluding carboxylic acids is 1. The molecule has 0 aromatic heterocycles. The molecule has 0 saturated carbocycles. The summed E-state index contributed by atoms with van der Waals surface area (Å²) in [5.74, 6) is -2.04. The molecule has 0 aliphatic rings.